The van der Waals surface area contributed by atoms with Crippen LogP contribution in [0.2, 0.25) is 0 Å². The number of nitrogens with zero attached hydrogens (tertiary/aromatic N) is 1. The zero-order chi connectivity index (χ0) is 15.0. The molecule has 0 amide bonds. The Kier molecular flexibility index (Phi) is 3.71. The minimum absolute atomic E-state index is 0.0242. The van der Waals surface area contributed by atoms with E-state index in [2.05, 4.69) is 20.9 Å². The molecule has 0 saturated heterocycles. The molecule has 1 atom stereocenters. The zero-order valence-electron chi connectivity index (χ0n) is 10.6. The second-order valence-electron chi connectivity index (χ2n) is 4.51. The molecule has 0 aliphatic carbocycles. The highest BCUT2D eigenvalue weighted by atomic mass is 79.9. The van der Waals surface area contributed by atoms with Gasteiger partial charge in [-0.15, -0.1) is 0 Å². The molecule has 0 aliphatic rings. The van der Waals surface area contributed by atoms with E-state index in [0.29, 0.717) is 17.0 Å². The Labute approximate surface area is 126 Å². The first kappa shape index (κ1) is 14.1. The van der Waals surface area contributed by atoms with Crippen molar-refractivity contribution >= 4 is 27.0 Å². The molecule has 1 heterocycles. The largest absolute Gasteiger partial charge is 0.441 e. The lowest BCUT2D eigenvalue weighted by Crippen LogP contribution is -2.02. The predicted octanol–water partition coefficient (Wildman–Crippen LogP) is 4.92. The van der Waals surface area contributed by atoms with Gasteiger partial charge >= 0.3 is 0 Å². The zero-order valence-corrected chi connectivity index (χ0v) is 12.2. The minimum atomic E-state index is -1.48. The van der Waals surface area contributed by atoms with E-state index in [1.165, 1.54) is 6.07 Å². The van der Waals surface area contributed by atoms with E-state index in [9.17, 15) is 13.2 Å². The number of oxazole rings is 1. The molecule has 108 valence electrons. The van der Waals surface area contributed by atoms with E-state index < -0.39 is 22.3 Å². The number of alkyl halides is 1. The summed E-state index contributed by atoms with van der Waals surface area (Å²) in [7, 11) is 0. The third-order valence-corrected chi connectivity index (χ3v) is 3.91. The van der Waals surface area contributed by atoms with Crippen molar-refractivity contribution in [2.45, 2.75) is 11.2 Å². The average molecular weight is 356 g/mol. The number of hydrogen-bond donors (Lipinski definition) is 0. The molecule has 1 aromatic heterocycles. The van der Waals surface area contributed by atoms with Crippen LogP contribution < -0.4 is 0 Å². The van der Waals surface area contributed by atoms with Gasteiger partial charge in [-0.3, -0.25) is 0 Å². The van der Waals surface area contributed by atoms with Crippen LogP contribution in [0.3, 0.4) is 0 Å². The van der Waals surface area contributed by atoms with Crippen molar-refractivity contribution in [2.24, 2.45) is 0 Å². The summed E-state index contributed by atoms with van der Waals surface area (Å²) in [6.45, 7) is 0. The standard InChI is InChI=1S/C15H9BrF3NO/c16-9(8-5-6-10(17)15(19)14(8)18)7-13-20-11-3-1-2-4-12(11)21-13/h1-6,9H,7H2. The summed E-state index contributed by atoms with van der Waals surface area (Å²) in [5.41, 5.74) is 1.34. The van der Waals surface area contributed by atoms with Gasteiger partial charge in [-0.05, 0) is 18.2 Å². The molecule has 0 aliphatic heterocycles. The second-order valence-corrected chi connectivity index (χ2v) is 5.62. The third-order valence-electron chi connectivity index (χ3n) is 3.09. The highest BCUT2D eigenvalue weighted by molar-refractivity contribution is 9.09. The lowest BCUT2D eigenvalue weighted by Gasteiger charge is -2.09. The van der Waals surface area contributed by atoms with E-state index in [4.69, 9.17) is 4.42 Å². The van der Waals surface area contributed by atoms with Crippen LogP contribution in [0.5, 0.6) is 0 Å². The van der Waals surface area contributed by atoms with Gasteiger partial charge < -0.3 is 4.42 Å². The molecule has 0 fully saturated rings. The van der Waals surface area contributed by atoms with Gasteiger partial charge in [0.2, 0.25) is 0 Å². The number of hydrogen-bond acceptors (Lipinski definition) is 2. The number of para-hydroxylation sites is 2. The third kappa shape index (κ3) is 2.68. The highest BCUT2D eigenvalue weighted by Crippen LogP contribution is 2.31. The van der Waals surface area contributed by atoms with E-state index in [1.807, 2.05) is 12.1 Å². The van der Waals surface area contributed by atoms with Crippen LogP contribution in [0.25, 0.3) is 11.1 Å². The van der Waals surface area contributed by atoms with Crippen LogP contribution in [0.1, 0.15) is 16.3 Å². The Morgan fingerprint density at radius 1 is 1.05 bits per heavy atom. The number of fused-ring (bicyclic) bond motifs is 1. The molecule has 3 aromatic rings. The fraction of sp³-hybridized carbons (Fsp3) is 0.133. The molecule has 3 rings (SSSR count). The molecule has 0 radical (unpaired) electrons. The number of benzene rings is 2. The molecule has 0 N–H and O–H groups in total. The minimum Gasteiger partial charge on any atom is -0.441 e. The van der Waals surface area contributed by atoms with Gasteiger partial charge in [0.25, 0.3) is 0 Å². The second kappa shape index (κ2) is 5.52. The van der Waals surface area contributed by atoms with Crippen LogP contribution in [-0.4, -0.2) is 4.98 Å². The van der Waals surface area contributed by atoms with Crippen molar-refractivity contribution in [3.05, 3.63) is 65.3 Å². The molecule has 0 spiro atoms. The first-order valence-electron chi connectivity index (χ1n) is 6.18. The van der Waals surface area contributed by atoms with Crippen LogP contribution in [0.15, 0.2) is 40.8 Å². The van der Waals surface area contributed by atoms with Crippen molar-refractivity contribution in [2.75, 3.05) is 0 Å². The Balaban J connectivity index is 1.89. The normalized spacial score (nSPS) is 12.8. The Bertz CT molecular complexity index is 770. The molecule has 2 aromatic carbocycles. The van der Waals surface area contributed by atoms with Gasteiger partial charge in [0, 0.05) is 12.0 Å². The fourth-order valence-electron chi connectivity index (χ4n) is 2.05. The molecular formula is C15H9BrF3NO. The van der Waals surface area contributed by atoms with Gasteiger partial charge in [0.15, 0.2) is 28.9 Å². The van der Waals surface area contributed by atoms with Crippen LogP contribution in [0.4, 0.5) is 13.2 Å². The van der Waals surface area contributed by atoms with Gasteiger partial charge in [0.05, 0.1) is 4.83 Å². The van der Waals surface area contributed by atoms with Crippen molar-refractivity contribution in [3.8, 4) is 0 Å². The molecule has 6 heteroatoms. The monoisotopic (exact) mass is 355 g/mol. The van der Waals surface area contributed by atoms with Crippen molar-refractivity contribution < 1.29 is 17.6 Å². The number of rotatable bonds is 3. The summed E-state index contributed by atoms with van der Waals surface area (Å²) in [6, 6.07) is 9.31. The Morgan fingerprint density at radius 3 is 2.57 bits per heavy atom. The summed E-state index contributed by atoms with van der Waals surface area (Å²) < 4.78 is 45.4. The maximum absolute atomic E-state index is 13.7. The Morgan fingerprint density at radius 2 is 1.81 bits per heavy atom. The van der Waals surface area contributed by atoms with Crippen molar-refractivity contribution in [1.29, 1.82) is 0 Å². The van der Waals surface area contributed by atoms with Crippen LogP contribution in [-0.2, 0) is 6.42 Å². The van der Waals surface area contributed by atoms with Gasteiger partial charge in [-0.25, -0.2) is 18.2 Å². The predicted molar refractivity (Wildman–Crippen MR) is 75.7 cm³/mol. The highest BCUT2D eigenvalue weighted by Gasteiger charge is 2.21. The number of halogens is 4. The molecule has 2 nitrogen and oxygen atoms in total. The molecule has 1 unspecified atom stereocenters. The molecule has 21 heavy (non-hydrogen) atoms. The van der Waals surface area contributed by atoms with Crippen LogP contribution in [0, 0.1) is 17.5 Å². The smallest absolute Gasteiger partial charge is 0.196 e. The summed E-state index contributed by atoms with van der Waals surface area (Å²) in [5.74, 6) is -3.50. The lowest BCUT2D eigenvalue weighted by molar-refractivity contribution is 0.439. The van der Waals surface area contributed by atoms with E-state index in [0.717, 1.165) is 6.07 Å². The summed E-state index contributed by atoms with van der Waals surface area (Å²) in [4.78, 5) is 3.69. The maximum Gasteiger partial charge on any atom is 0.196 e. The summed E-state index contributed by atoms with van der Waals surface area (Å²) >= 11 is 3.26. The van der Waals surface area contributed by atoms with E-state index in [-0.39, 0.29) is 12.0 Å². The quantitative estimate of drug-likeness (QED) is 0.492. The summed E-state index contributed by atoms with van der Waals surface area (Å²) in [5, 5.41) is 0. The van der Waals surface area contributed by atoms with E-state index >= 15 is 0 Å². The first-order valence-corrected chi connectivity index (χ1v) is 7.09. The summed E-state index contributed by atoms with van der Waals surface area (Å²) in [6.07, 6.45) is 0.219. The van der Waals surface area contributed by atoms with Crippen LogP contribution >= 0.6 is 15.9 Å². The van der Waals surface area contributed by atoms with Gasteiger partial charge in [-0.1, -0.05) is 34.1 Å². The molecular weight excluding hydrogens is 347 g/mol. The van der Waals surface area contributed by atoms with Crippen molar-refractivity contribution in [1.82, 2.24) is 4.98 Å². The molecule has 0 bridgehead atoms. The maximum atomic E-state index is 13.7. The lowest BCUT2D eigenvalue weighted by atomic mass is 10.1. The average Bonchev–Trinajstić information content (AvgIpc) is 2.86. The molecule has 0 saturated carbocycles. The van der Waals surface area contributed by atoms with Crippen molar-refractivity contribution in [3.63, 3.8) is 0 Å². The van der Waals surface area contributed by atoms with E-state index in [1.54, 1.807) is 12.1 Å². The number of aromatic nitrogens is 1. The van der Waals surface area contributed by atoms with Gasteiger partial charge in [-0.2, -0.15) is 0 Å². The topological polar surface area (TPSA) is 26.0 Å². The first-order chi connectivity index (χ1) is 10.1. The fourth-order valence-corrected chi connectivity index (χ4v) is 2.68. The SMILES string of the molecule is Fc1ccc(C(Br)Cc2nc3ccccc3o2)c(F)c1F. The Hall–Kier alpha value is -1.82. The van der Waals surface area contributed by atoms with Gasteiger partial charge in [0.1, 0.15) is 5.52 Å².